The summed E-state index contributed by atoms with van der Waals surface area (Å²) in [7, 11) is 5.65. The fraction of sp³-hybridized carbons (Fsp3) is 0.429. The highest BCUT2D eigenvalue weighted by atomic mass is 79.9. The Balaban J connectivity index is 0.000000163. The van der Waals surface area contributed by atoms with Crippen LogP contribution in [0.4, 0.5) is 11.4 Å². The zero-order chi connectivity index (χ0) is 47.2. The van der Waals surface area contributed by atoms with E-state index in [4.69, 9.17) is 87.0 Å². The van der Waals surface area contributed by atoms with Crippen LogP contribution in [0.5, 0.6) is 0 Å². The van der Waals surface area contributed by atoms with E-state index in [0.29, 0.717) is 39.4 Å². The number of hydroxylamine groups is 4. The van der Waals surface area contributed by atoms with Crippen LogP contribution in [0.3, 0.4) is 0 Å². The maximum Gasteiger partial charge on any atom is 0.487 e. The van der Waals surface area contributed by atoms with Crippen molar-refractivity contribution in [3.05, 3.63) is 132 Å². The van der Waals surface area contributed by atoms with Crippen molar-refractivity contribution >= 4 is 75.0 Å². The van der Waals surface area contributed by atoms with Crippen molar-refractivity contribution < 1.29 is 29.2 Å². The maximum absolute atomic E-state index is 8.76. The molecular formula is C49H56BBrCl2N8O6. The Labute approximate surface area is 411 Å². The number of rotatable bonds is 4. The number of hydrogen-bond acceptors (Lipinski definition) is 12. The molecule has 18 heteroatoms. The number of guanidine groups is 2. The van der Waals surface area contributed by atoms with Gasteiger partial charge in [0.15, 0.2) is 11.4 Å². The highest BCUT2D eigenvalue weighted by Crippen LogP contribution is 2.63. The molecule has 2 aliphatic heterocycles. The number of ether oxygens (including phenoxy) is 2. The van der Waals surface area contributed by atoms with E-state index < -0.39 is 18.6 Å². The minimum absolute atomic E-state index is 0. The first-order valence-corrected chi connectivity index (χ1v) is 23.3. The number of benzene rings is 4. The third kappa shape index (κ3) is 9.17. The van der Waals surface area contributed by atoms with Gasteiger partial charge in [-0.3, -0.25) is 0 Å². The average molecular weight is 1010 g/mol. The molecule has 0 bridgehead atoms. The number of nitrogens with two attached hydrogens (primary N) is 2. The van der Waals surface area contributed by atoms with Crippen LogP contribution in [0.2, 0.25) is 10.0 Å². The van der Waals surface area contributed by atoms with E-state index in [9.17, 15) is 0 Å². The largest absolute Gasteiger partial charge is 0.487 e. The summed E-state index contributed by atoms with van der Waals surface area (Å²) in [5, 5.41) is 21.6. The molecule has 4 aliphatic carbocycles. The van der Waals surface area contributed by atoms with Gasteiger partial charge in [-0.15, -0.1) is 0 Å². The van der Waals surface area contributed by atoms with Crippen molar-refractivity contribution in [1.82, 2.24) is 10.1 Å². The van der Waals surface area contributed by atoms with Crippen LogP contribution in [0.15, 0.2) is 87.3 Å². The molecule has 2 heterocycles. The van der Waals surface area contributed by atoms with Crippen LogP contribution in [0.25, 0.3) is 20.8 Å². The number of halogens is 3. The molecule has 10 rings (SSSR count). The Morgan fingerprint density at radius 1 is 0.701 bits per heavy atom. The molecule has 4 aromatic rings. The molecule has 6 aliphatic rings. The first-order valence-electron chi connectivity index (χ1n) is 21.8. The number of aliphatic imine (C=N–C) groups is 2. The summed E-state index contributed by atoms with van der Waals surface area (Å²) in [5.41, 5.74) is 18.3. The second-order valence-corrected chi connectivity index (χ2v) is 19.7. The maximum atomic E-state index is 8.76. The molecule has 352 valence electrons. The van der Waals surface area contributed by atoms with Gasteiger partial charge in [0.25, 0.3) is 0 Å². The molecule has 4 spiro atoms. The lowest BCUT2D eigenvalue weighted by Crippen LogP contribution is -2.46. The van der Waals surface area contributed by atoms with Crippen molar-refractivity contribution in [2.24, 2.45) is 32.3 Å². The second kappa shape index (κ2) is 19.7. The molecule has 2 saturated carbocycles. The molecule has 2 unspecified atom stereocenters. The van der Waals surface area contributed by atoms with E-state index in [1.165, 1.54) is 29.3 Å². The zero-order valence-corrected chi connectivity index (χ0v) is 40.3. The Morgan fingerprint density at radius 3 is 1.61 bits per heavy atom. The van der Waals surface area contributed by atoms with Crippen LogP contribution in [0.1, 0.15) is 81.0 Å². The quantitative estimate of drug-likeness (QED) is 0.114. The molecule has 0 amide bonds. The van der Waals surface area contributed by atoms with Gasteiger partial charge < -0.3 is 31.0 Å². The summed E-state index contributed by atoms with van der Waals surface area (Å²) < 4.78 is 12.2. The van der Waals surface area contributed by atoms with Crippen molar-refractivity contribution in [2.45, 2.75) is 95.3 Å². The van der Waals surface area contributed by atoms with Crippen LogP contribution in [0, 0.1) is 24.0 Å². The van der Waals surface area contributed by atoms with Gasteiger partial charge in [-0.05, 0) is 140 Å². The summed E-state index contributed by atoms with van der Waals surface area (Å²) in [6.45, 7) is 14.0. The minimum atomic E-state index is -1.58. The lowest BCUT2D eigenvalue weighted by Gasteiger charge is -2.45. The summed E-state index contributed by atoms with van der Waals surface area (Å²) in [4.78, 5) is 29.2. The topological polar surface area (TPSA) is 169 Å². The molecular weight excluding hydrogens is 958 g/mol. The SMILES string of the molecule is C.COC1CCC2(CC1)Cc1ccc(Br)cc1C21N=C(N)N(C)O1.[C-]#[N+]c1cc(Cl)cc(-c2ccc3c(c2)C2(N=C(N)N(C)O2)C2(CCC(OC)CC2)C3)c1.[C-]#[N+]c1cc(Cl)cc(B(O)O)c1. The third-order valence-corrected chi connectivity index (χ3v) is 15.2. The minimum Gasteiger partial charge on any atom is -0.423 e. The second-order valence-electron chi connectivity index (χ2n) is 17.9. The van der Waals surface area contributed by atoms with Crippen LogP contribution >= 0.6 is 39.1 Å². The molecule has 6 N–H and O–H groups in total. The van der Waals surface area contributed by atoms with Gasteiger partial charge >= 0.3 is 7.12 Å². The summed E-state index contributed by atoms with van der Waals surface area (Å²) in [6.07, 6.45) is 10.5. The van der Waals surface area contributed by atoms with Gasteiger partial charge in [0.05, 0.1) is 25.4 Å². The predicted octanol–water partition coefficient (Wildman–Crippen LogP) is 9.17. The van der Waals surface area contributed by atoms with E-state index >= 15 is 0 Å². The van der Waals surface area contributed by atoms with Gasteiger partial charge in [-0.25, -0.2) is 39.5 Å². The fourth-order valence-electron chi connectivity index (χ4n) is 10.8. The molecule has 0 saturated heterocycles. The number of fused-ring (bicyclic) bond motifs is 6. The number of nitrogens with zero attached hydrogens (tertiary/aromatic N) is 6. The van der Waals surface area contributed by atoms with Crippen LogP contribution in [-0.2, 0) is 43.4 Å². The van der Waals surface area contributed by atoms with Crippen molar-refractivity contribution in [3.8, 4) is 11.1 Å². The third-order valence-electron chi connectivity index (χ3n) is 14.3. The lowest BCUT2D eigenvalue weighted by atomic mass is 9.66. The lowest BCUT2D eigenvalue weighted by molar-refractivity contribution is -0.232. The van der Waals surface area contributed by atoms with Crippen molar-refractivity contribution in [3.63, 3.8) is 0 Å². The monoisotopic (exact) mass is 1010 g/mol. The van der Waals surface area contributed by atoms with Crippen molar-refractivity contribution in [1.29, 1.82) is 0 Å². The predicted molar refractivity (Wildman–Crippen MR) is 267 cm³/mol. The molecule has 2 atom stereocenters. The highest BCUT2D eigenvalue weighted by molar-refractivity contribution is 9.10. The zero-order valence-electron chi connectivity index (χ0n) is 37.2. The summed E-state index contributed by atoms with van der Waals surface area (Å²) in [5.74, 6) is 0.843. The summed E-state index contributed by atoms with van der Waals surface area (Å²) in [6, 6.07) is 22.5. The fourth-order valence-corrected chi connectivity index (χ4v) is 11.7. The van der Waals surface area contributed by atoms with Gasteiger partial charge in [0.1, 0.15) is 0 Å². The van der Waals surface area contributed by atoms with E-state index in [0.717, 1.165) is 90.9 Å². The van der Waals surface area contributed by atoms with Gasteiger partial charge in [-0.2, -0.15) is 0 Å². The van der Waals surface area contributed by atoms with Gasteiger partial charge in [0, 0.05) is 64.8 Å². The Bertz CT molecular complexity index is 2660. The molecule has 2 fully saturated rings. The average Bonchev–Trinajstić information content (AvgIpc) is 3.96. The van der Waals surface area contributed by atoms with E-state index in [1.807, 2.05) is 26.2 Å². The standard InChI is InChI=1S/C24H25ClN4O2.C17H22BrN3O2.C7H5BClNO2.CH4/c1-27-19-11-17(10-18(25)13-19)15-4-5-16-14-23(8-6-20(30-3)7-9-23)24(21(16)12-15)28-22(26)29(2)31-24;1-21-15(19)20-17(23-21)14-9-12(18)4-3-11(14)10-16(17)7-5-13(22-2)6-8-16;1-10-7-3-5(8(11)12)2-6(9)4-7;/h4-5,10-13,20H,6-9,14H2,2-3H3,(H2,26,28);3-4,9,13H,5-8,10H2,1-2H3,(H2,19,20);2-4,11-12H;1H4. The first kappa shape index (κ1) is 50.2. The van der Waals surface area contributed by atoms with Crippen LogP contribution < -0.4 is 16.9 Å². The smallest absolute Gasteiger partial charge is 0.423 e. The van der Waals surface area contributed by atoms with E-state index in [2.05, 4.69) is 62.0 Å². The molecule has 4 aromatic carbocycles. The van der Waals surface area contributed by atoms with Crippen molar-refractivity contribution in [2.75, 3.05) is 28.3 Å². The molecule has 0 aromatic heterocycles. The van der Waals surface area contributed by atoms with Gasteiger partial charge in [0.2, 0.25) is 23.4 Å². The van der Waals surface area contributed by atoms with E-state index in [-0.39, 0.29) is 29.8 Å². The normalized spacial score (nSPS) is 27.5. The molecule has 0 radical (unpaired) electrons. The molecule has 14 nitrogen and oxygen atoms in total. The van der Waals surface area contributed by atoms with Crippen LogP contribution in [-0.4, -0.2) is 79.7 Å². The highest BCUT2D eigenvalue weighted by Gasteiger charge is 2.64. The Morgan fingerprint density at radius 2 is 1.16 bits per heavy atom. The summed E-state index contributed by atoms with van der Waals surface area (Å²) >= 11 is 15.5. The van der Waals surface area contributed by atoms with E-state index in [1.54, 1.807) is 30.4 Å². The van der Waals surface area contributed by atoms with Gasteiger partial charge in [-0.1, -0.05) is 70.8 Å². The number of methoxy groups -OCH3 is 2. The Kier molecular flexibility index (Phi) is 14.8. The number of hydrogen-bond donors (Lipinski definition) is 4. The first-order chi connectivity index (χ1) is 31.5. The molecule has 67 heavy (non-hydrogen) atoms. The Hall–Kier alpha value is -4.72.